The summed E-state index contributed by atoms with van der Waals surface area (Å²) >= 11 is 0. The van der Waals surface area contributed by atoms with Crippen LogP contribution < -0.4 is 20.8 Å². The highest BCUT2D eigenvalue weighted by Gasteiger charge is 2.50. The first-order valence-corrected chi connectivity index (χ1v) is 22.7. The molecule has 17 nitrogen and oxygen atoms in total. The maximum atomic E-state index is 14.8. The molecule has 2 aromatic carbocycles. The average Bonchev–Trinajstić information content (AvgIpc) is 3.79. The Morgan fingerprint density at radius 1 is 0.892 bits per heavy atom. The van der Waals surface area contributed by atoms with Crippen LogP contribution in [-0.2, 0) is 28.5 Å². The molecule has 4 bridgehead atoms. The number of allylic oxidation sites excluding steroid dienone is 2. The van der Waals surface area contributed by atoms with Crippen LogP contribution in [0.25, 0.3) is 10.8 Å². The third-order valence-corrected chi connectivity index (χ3v) is 14.1. The van der Waals surface area contributed by atoms with E-state index in [1.54, 1.807) is 65.8 Å². The number of rotatable bonds is 5. The van der Waals surface area contributed by atoms with Crippen LogP contribution in [0, 0.1) is 30.6 Å². The maximum Gasteiger partial charge on any atom is 0.312 e. The summed E-state index contributed by atoms with van der Waals surface area (Å²) in [5.41, 5.74) is -0.613. The Morgan fingerprint density at radius 3 is 2.18 bits per heavy atom. The molecule has 0 unspecified atom stereocenters. The Hall–Kier alpha value is -4.91. The highest BCUT2D eigenvalue weighted by Crippen LogP contribution is 2.50. The zero-order chi connectivity index (χ0) is 47.1. The van der Waals surface area contributed by atoms with Crippen LogP contribution >= 0.6 is 0 Å². The smallest absolute Gasteiger partial charge is 0.312 e. The number of aliphatic hydroxyl groups excluding tert-OH is 2. The second-order valence-electron chi connectivity index (χ2n) is 18.6. The van der Waals surface area contributed by atoms with Crippen LogP contribution in [0.5, 0.6) is 17.2 Å². The van der Waals surface area contributed by atoms with Crippen LogP contribution in [0.15, 0.2) is 46.1 Å². The minimum absolute atomic E-state index is 0.0325. The number of benzene rings is 2. The molecule has 0 aliphatic carbocycles. The van der Waals surface area contributed by atoms with Crippen molar-refractivity contribution in [3.05, 3.63) is 58.0 Å². The number of Topliss-reactive ketones (excluding diaryl/α,β-unsaturated/α-hetero) is 1. The number of aromatic hydroxyl groups is 2. The molecule has 5 heterocycles. The SMILES string of the molecule is CO[C@H]1/C=C/O[C@@]2(C)Oc3c(C)c(O)c4c(O)c(c5c(c4c3C2=O)=NC2(CCN(CCN3CCOCC3)CC2)N=5)NC(=O)/C(C)=C\C=C\[C@H](C)[C@H](O)[C@@H](C)[C@@H](O)[C@@H](C)[C@H](OC(C)=O)[C@@H]1C. The lowest BCUT2D eigenvalue weighted by Crippen LogP contribution is -2.46. The van der Waals surface area contributed by atoms with Crippen LogP contribution in [0.2, 0.25) is 0 Å². The van der Waals surface area contributed by atoms with Crippen LogP contribution in [-0.4, -0.2) is 143 Å². The number of ether oxygens (including phenoxy) is 5. The van der Waals surface area contributed by atoms with Gasteiger partial charge in [-0.15, -0.1) is 0 Å². The fourth-order valence-electron chi connectivity index (χ4n) is 9.83. The number of morpholine rings is 1. The first kappa shape index (κ1) is 48.0. The number of anilines is 1. The lowest BCUT2D eigenvalue weighted by molar-refractivity contribution is -0.160. The standard InChI is InChI=1S/C48H65N5O12/c1-25-11-10-12-26(2)46(60)49-38-37-36(50-48(51-37)14-16-52(17-15-48)18-19-53-20-23-62-24-21-53)33-34(42(38)58)41(57)30(6)44-35(33)45(59)47(8,65-44)63-22-13-32(61-9)27(3)43(64-31(7)54)29(5)40(56)28(4)39(25)55/h10-13,22,25,27-29,32,39-40,43,55-58H,14-21,23-24H2,1-9H3,(H,49,60)/b11-10+,22-13+,26-12-/t25-,27+,28+,29+,32-,39-,40+,43+,47-/m0/s1. The molecule has 5 N–H and O–H groups in total. The molecule has 2 fully saturated rings. The van der Waals surface area contributed by atoms with Gasteiger partial charge in [0.25, 0.3) is 11.7 Å². The molecule has 2 aromatic rings. The van der Waals surface area contributed by atoms with Crippen molar-refractivity contribution in [2.24, 2.45) is 33.7 Å². The number of carbonyl (C=O) groups excluding carboxylic acids is 3. The number of phenols is 2. The molecule has 0 radical (unpaired) electrons. The number of nitrogens with one attached hydrogen (secondary N) is 1. The van der Waals surface area contributed by atoms with Gasteiger partial charge in [0.05, 0.1) is 54.1 Å². The predicted octanol–water partition coefficient (Wildman–Crippen LogP) is 3.43. The number of likely N-dealkylation sites (tertiary alicyclic amines) is 1. The molecular formula is C48H65N5O12. The zero-order valence-corrected chi connectivity index (χ0v) is 38.9. The Labute approximate surface area is 379 Å². The van der Waals surface area contributed by atoms with Crippen molar-refractivity contribution in [2.45, 2.75) is 104 Å². The van der Waals surface area contributed by atoms with Crippen molar-refractivity contribution < 1.29 is 58.5 Å². The molecular weight excluding hydrogens is 839 g/mol. The number of nitrogens with zero attached hydrogens (tertiary/aromatic N) is 4. The number of hydrogen-bond acceptors (Lipinski definition) is 16. The van der Waals surface area contributed by atoms with E-state index >= 15 is 0 Å². The number of piperidine rings is 1. The van der Waals surface area contributed by atoms with Gasteiger partial charge in [0.2, 0.25) is 0 Å². The van der Waals surface area contributed by atoms with E-state index in [0.717, 1.165) is 39.4 Å². The van der Waals surface area contributed by atoms with Crippen molar-refractivity contribution in [3.8, 4) is 17.2 Å². The Kier molecular flexibility index (Phi) is 14.1. The average molecular weight is 904 g/mol. The maximum absolute atomic E-state index is 14.8. The fraction of sp³-hybridized carbons (Fsp3) is 0.604. The van der Waals surface area contributed by atoms with E-state index in [0.29, 0.717) is 25.9 Å². The second-order valence-corrected chi connectivity index (χ2v) is 18.6. The summed E-state index contributed by atoms with van der Waals surface area (Å²) in [4.78, 5) is 56.4. The predicted molar refractivity (Wildman–Crippen MR) is 240 cm³/mol. The molecule has 0 aromatic heterocycles. The number of carbonyl (C=O) groups is 3. The number of fused-ring (bicyclic) bond motifs is 1. The van der Waals surface area contributed by atoms with Gasteiger partial charge in [0, 0.05) is 113 Å². The first-order valence-electron chi connectivity index (χ1n) is 22.7. The monoisotopic (exact) mass is 903 g/mol. The Bertz CT molecular complexity index is 2400. The van der Waals surface area contributed by atoms with Gasteiger partial charge in [0.15, 0.2) is 11.4 Å². The van der Waals surface area contributed by atoms with Gasteiger partial charge in [-0.2, -0.15) is 0 Å². The number of esters is 1. The third kappa shape index (κ3) is 9.28. The van der Waals surface area contributed by atoms with E-state index in [1.807, 2.05) is 0 Å². The lowest BCUT2D eigenvalue weighted by atomic mass is 9.78. The minimum Gasteiger partial charge on any atom is -0.507 e. The van der Waals surface area contributed by atoms with Gasteiger partial charge in [-0.05, 0) is 19.9 Å². The fourth-order valence-corrected chi connectivity index (χ4v) is 9.83. The van der Waals surface area contributed by atoms with E-state index in [4.69, 9.17) is 33.7 Å². The number of aliphatic hydroxyl groups is 2. The van der Waals surface area contributed by atoms with E-state index in [-0.39, 0.29) is 55.4 Å². The summed E-state index contributed by atoms with van der Waals surface area (Å²) in [6.45, 7) is 19.3. The van der Waals surface area contributed by atoms with Gasteiger partial charge < -0.3 is 54.3 Å². The summed E-state index contributed by atoms with van der Waals surface area (Å²) in [6.07, 6.45) is 4.99. The molecule has 2 saturated heterocycles. The van der Waals surface area contributed by atoms with E-state index in [2.05, 4.69) is 15.1 Å². The lowest BCUT2D eigenvalue weighted by Gasteiger charge is -2.38. The van der Waals surface area contributed by atoms with Crippen LogP contribution in [0.3, 0.4) is 0 Å². The van der Waals surface area contributed by atoms with E-state index in [1.165, 1.54) is 27.2 Å². The largest absolute Gasteiger partial charge is 0.507 e. The first-order chi connectivity index (χ1) is 30.8. The number of phenolic OH excluding ortho intramolecular Hbond substituents is 2. The molecule has 17 heteroatoms. The number of hydrogen-bond donors (Lipinski definition) is 5. The number of amides is 1. The Morgan fingerprint density at radius 2 is 1.54 bits per heavy atom. The molecule has 65 heavy (non-hydrogen) atoms. The summed E-state index contributed by atoms with van der Waals surface area (Å²) in [6, 6.07) is 0. The van der Waals surface area contributed by atoms with Crippen molar-refractivity contribution >= 4 is 34.1 Å². The van der Waals surface area contributed by atoms with Gasteiger partial charge in [0.1, 0.15) is 28.6 Å². The molecule has 9 atom stereocenters. The summed E-state index contributed by atoms with van der Waals surface area (Å²) in [5, 5.41) is 50.4. The van der Waals surface area contributed by atoms with Crippen molar-refractivity contribution in [2.75, 3.05) is 64.9 Å². The van der Waals surface area contributed by atoms with E-state index < -0.39 is 82.9 Å². The molecule has 5 aliphatic rings. The zero-order valence-electron chi connectivity index (χ0n) is 38.9. The van der Waals surface area contributed by atoms with Gasteiger partial charge in [-0.3, -0.25) is 29.3 Å². The van der Waals surface area contributed by atoms with Crippen LogP contribution in [0.1, 0.15) is 77.2 Å². The number of ketones is 1. The normalized spacial score (nSPS) is 33.0. The third-order valence-electron chi connectivity index (χ3n) is 14.1. The molecule has 354 valence electrons. The van der Waals surface area contributed by atoms with Gasteiger partial charge in [-0.1, -0.05) is 45.9 Å². The van der Waals surface area contributed by atoms with Crippen molar-refractivity contribution in [1.82, 2.24) is 9.80 Å². The summed E-state index contributed by atoms with van der Waals surface area (Å²) < 4.78 is 29.6. The van der Waals surface area contributed by atoms with Gasteiger partial charge in [-0.25, -0.2) is 0 Å². The molecule has 1 amide bonds. The Balaban J connectivity index is 1.34. The molecule has 0 saturated carbocycles. The van der Waals surface area contributed by atoms with Crippen LogP contribution in [0.4, 0.5) is 5.69 Å². The summed E-state index contributed by atoms with van der Waals surface area (Å²) in [7, 11) is 1.47. The van der Waals surface area contributed by atoms with Crippen molar-refractivity contribution in [1.29, 1.82) is 0 Å². The highest BCUT2D eigenvalue weighted by atomic mass is 16.7. The molecule has 7 rings (SSSR count). The summed E-state index contributed by atoms with van der Waals surface area (Å²) in [5.74, 6) is -6.95. The van der Waals surface area contributed by atoms with E-state index in [9.17, 15) is 34.8 Å². The second kappa shape index (κ2) is 19.1. The quantitative estimate of drug-likeness (QED) is 0.215. The van der Waals surface area contributed by atoms with Crippen molar-refractivity contribution in [3.63, 3.8) is 0 Å². The topological polar surface area (TPSA) is 222 Å². The highest BCUT2D eigenvalue weighted by molar-refractivity contribution is 6.19. The molecule has 5 aliphatic heterocycles. The minimum atomic E-state index is -1.97. The molecule has 1 spiro atoms. The van der Waals surface area contributed by atoms with Gasteiger partial charge >= 0.3 is 11.8 Å². The number of methoxy groups -OCH3 is 1.